The molecule has 1 rings (SSSR count). The van der Waals surface area contributed by atoms with Crippen molar-refractivity contribution in [2.24, 2.45) is 0 Å². The van der Waals surface area contributed by atoms with Crippen molar-refractivity contribution in [2.75, 3.05) is 0 Å². The van der Waals surface area contributed by atoms with Gasteiger partial charge in [-0.15, -0.1) is 11.6 Å². The van der Waals surface area contributed by atoms with Crippen molar-refractivity contribution in [1.29, 1.82) is 0 Å². The molecule has 2 nitrogen and oxygen atoms in total. The molecule has 0 spiro atoms. The Bertz CT molecular complexity index is 181. The summed E-state index contributed by atoms with van der Waals surface area (Å²) in [6.07, 6.45) is 0. The molecular weight excluding hydrogens is 216 g/mol. The number of halogens is 3. The summed E-state index contributed by atoms with van der Waals surface area (Å²) in [5.74, 6) is -0.460. The number of amides is 1. The molecular formula is C4H4Cl3NOS. The van der Waals surface area contributed by atoms with Gasteiger partial charge in [0.05, 0.1) is 0 Å². The van der Waals surface area contributed by atoms with E-state index in [1.807, 2.05) is 0 Å². The first-order valence-electron chi connectivity index (χ1n) is 2.43. The van der Waals surface area contributed by atoms with Gasteiger partial charge in [-0.3, -0.25) is 9.52 Å². The van der Waals surface area contributed by atoms with Gasteiger partial charge in [0.15, 0.2) is 0 Å². The van der Waals surface area contributed by atoms with E-state index < -0.39 is 14.4 Å². The molecule has 0 aromatic carbocycles. The Kier molecular flexibility index (Phi) is 2.05. The summed E-state index contributed by atoms with van der Waals surface area (Å²) in [6.45, 7) is 1.58. The molecule has 1 aliphatic rings. The Morgan fingerprint density at radius 1 is 1.50 bits per heavy atom. The quantitative estimate of drug-likeness (QED) is 0.499. The molecule has 1 atom stereocenters. The highest BCUT2D eigenvalue weighted by Gasteiger charge is 2.57. The van der Waals surface area contributed by atoms with Gasteiger partial charge >= 0.3 is 0 Å². The van der Waals surface area contributed by atoms with E-state index in [4.69, 9.17) is 34.8 Å². The van der Waals surface area contributed by atoms with E-state index in [2.05, 4.69) is 4.72 Å². The topological polar surface area (TPSA) is 29.1 Å². The lowest BCUT2D eigenvalue weighted by atomic mass is 10.3. The molecule has 58 valence electrons. The minimum absolute atomic E-state index is 0.460. The second-order valence-electron chi connectivity index (χ2n) is 2.02. The van der Waals surface area contributed by atoms with Gasteiger partial charge in [-0.1, -0.05) is 23.2 Å². The van der Waals surface area contributed by atoms with Crippen LogP contribution in [-0.2, 0) is 4.79 Å². The lowest BCUT2D eigenvalue weighted by molar-refractivity contribution is -0.119. The fourth-order valence-electron chi connectivity index (χ4n) is 0.473. The number of hydrogen-bond acceptors (Lipinski definition) is 2. The molecule has 1 fully saturated rings. The van der Waals surface area contributed by atoms with Gasteiger partial charge in [0.1, 0.15) is 4.21 Å². The normalized spacial score (nSPS) is 37.8. The molecule has 1 amide bonds. The first kappa shape index (κ1) is 8.78. The summed E-state index contributed by atoms with van der Waals surface area (Å²) in [5, 5.41) is 0. The van der Waals surface area contributed by atoms with Crippen molar-refractivity contribution in [3.8, 4) is 0 Å². The summed E-state index contributed by atoms with van der Waals surface area (Å²) in [7, 11) is 0. The zero-order valence-electron chi connectivity index (χ0n) is 4.95. The highest BCUT2D eigenvalue weighted by atomic mass is 35.5. The molecule has 10 heavy (non-hydrogen) atoms. The van der Waals surface area contributed by atoms with Crippen molar-refractivity contribution < 1.29 is 4.79 Å². The molecule has 1 saturated heterocycles. The van der Waals surface area contributed by atoms with Crippen LogP contribution in [0.5, 0.6) is 0 Å². The Morgan fingerprint density at radius 3 is 2.10 bits per heavy atom. The first-order chi connectivity index (χ1) is 4.38. The summed E-state index contributed by atoms with van der Waals surface area (Å²) >= 11 is 18.0. The second kappa shape index (κ2) is 2.34. The van der Waals surface area contributed by atoms with Gasteiger partial charge in [0.2, 0.25) is 4.33 Å². The molecule has 0 aliphatic carbocycles. The van der Waals surface area contributed by atoms with E-state index in [0.29, 0.717) is 0 Å². The third-order valence-corrected chi connectivity index (χ3v) is 4.19. The van der Waals surface area contributed by atoms with Crippen molar-refractivity contribution >= 4 is 52.7 Å². The smallest absolute Gasteiger partial charge is 0.269 e. The number of rotatable bonds is 0. The van der Waals surface area contributed by atoms with Crippen molar-refractivity contribution in [3.63, 3.8) is 0 Å². The number of carbonyl (C=O) groups excluding carboxylic acids is 1. The zero-order chi connectivity index (χ0) is 7.99. The molecule has 1 aliphatic heterocycles. The Hall–Kier alpha value is 0.690. The summed E-state index contributed by atoms with van der Waals surface area (Å²) in [4.78, 5) is 10.8. The van der Waals surface area contributed by atoms with Crippen LogP contribution >= 0.6 is 46.8 Å². The molecule has 6 heteroatoms. The monoisotopic (exact) mass is 219 g/mol. The molecule has 0 radical (unpaired) electrons. The molecule has 0 aromatic heterocycles. The maximum absolute atomic E-state index is 10.8. The lowest BCUT2D eigenvalue weighted by Crippen LogP contribution is -2.37. The van der Waals surface area contributed by atoms with Crippen molar-refractivity contribution in [2.45, 2.75) is 15.5 Å². The fourth-order valence-corrected chi connectivity index (χ4v) is 1.77. The minimum atomic E-state index is -1.53. The minimum Gasteiger partial charge on any atom is -0.296 e. The fraction of sp³-hybridized carbons (Fsp3) is 0.750. The Balaban J connectivity index is 2.95. The summed E-state index contributed by atoms with van der Waals surface area (Å²) in [6, 6.07) is 0. The maximum atomic E-state index is 10.8. The number of carbonyl (C=O) groups is 1. The van der Waals surface area contributed by atoms with E-state index in [-0.39, 0.29) is 0 Å². The van der Waals surface area contributed by atoms with Crippen LogP contribution in [0.25, 0.3) is 0 Å². The summed E-state index contributed by atoms with van der Waals surface area (Å²) < 4.78 is -0.126. The van der Waals surface area contributed by atoms with E-state index in [0.717, 1.165) is 11.9 Å². The number of nitrogens with one attached hydrogen (secondary N) is 1. The average Bonchev–Trinajstić information content (AvgIpc) is 1.94. The predicted molar refractivity (Wildman–Crippen MR) is 44.4 cm³/mol. The first-order valence-corrected chi connectivity index (χ1v) is 4.38. The number of hydrogen-bond donors (Lipinski definition) is 1. The van der Waals surface area contributed by atoms with Crippen LogP contribution in [0.15, 0.2) is 0 Å². The summed E-state index contributed by atoms with van der Waals surface area (Å²) in [5.41, 5.74) is 0. The van der Waals surface area contributed by atoms with E-state index in [9.17, 15) is 4.79 Å². The van der Waals surface area contributed by atoms with Gasteiger partial charge < -0.3 is 0 Å². The SMILES string of the molecule is CC1(Cl)SNC(=O)C1(Cl)Cl. The number of alkyl halides is 3. The van der Waals surface area contributed by atoms with E-state index in [1.54, 1.807) is 6.92 Å². The van der Waals surface area contributed by atoms with Crippen molar-refractivity contribution in [1.82, 2.24) is 4.72 Å². The van der Waals surface area contributed by atoms with Crippen LogP contribution in [0.1, 0.15) is 6.92 Å². The lowest BCUT2D eigenvalue weighted by Gasteiger charge is -2.21. The third-order valence-electron chi connectivity index (χ3n) is 1.18. The van der Waals surface area contributed by atoms with Crippen LogP contribution in [0.4, 0.5) is 0 Å². The van der Waals surface area contributed by atoms with Crippen LogP contribution in [0, 0.1) is 0 Å². The van der Waals surface area contributed by atoms with Crippen LogP contribution in [0.2, 0.25) is 0 Å². The molecule has 0 saturated carbocycles. The highest BCUT2D eigenvalue weighted by Crippen LogP contribution is 2.50. The molecule has 1 heterocycles. The van der Waals surface area contributed by atoms with Gasteiger partial charge in [-0.05, 0) is 18.9 Å². The van der Waals surface area contributed by atoms with Crippen LogP contribution in [-0.4, -0.2) is 14.4 Å². The second-order valence-corrected chi connectivity index (χ2v) is 5.56. The van der Waals surface area contributed by atoms with Gasteiger partial charge in [0, 0.05) is 0 Å². The Labute approximate surface area is 77.7 Å². The highest BCUT2D eigenvalue weighted by molar-refractivity contribution is 8.01. The maximum Gasteiger partial charge on any atom is 0.269 e. The van der Waals surface area contributed by atoms with Crippen LogP contribution < -0.4 is 4.72 Å². The predicted octanol–water partition coefficient (Wildman–Crippen LogP) is 1.89. The third kappa shape index (κ3) is 1.09. The van der Waals surface area contributed by atoms with Gasteiger partial charge in [-0.25, -0.2) is 0 Å². The van der Waals surface area contributed by atoms with Gasteiger partial charge in [0.25, 0.3) is 5.91 Å². The van der Waals surface area contributed by atoms with Crippen molar-refractivity contribution in [3.05, 3.63) is 0 Å². The molecule has 0 aromatic rings. The average molecular weight is 221 g/mol. The largest absolute Gasteiger partial charge is 0.296 e. The van der Waals surface area contributed by atoms with Gasteiger partial charge in [-0.2, -0.15) is 0 Å². The van der Waals surface area contributed by atoms with E-state index in [1.165, 1.54) is 0 Å². The molecule has 1 unspecified atom stereocenters. The zero-order valence-corrected chi connectivity index (χ0v) is 8.03. The molecule has 1 N–H and O–H groups in total. The van der Waals surface area contributed by atoms with E-state index >= 15 is 0 Å². The standard InChI is InChI=1S/C4H4Cl3NOS/c1-3(5)4(6,7)2(9)8-10-3/h1H3,(H,8,9). The van der Waals surface area contributed by atoms with Crippen LogP contribution in [0.3, 0.4) is 0 Å². The Morgan fingerprint density at radius 2 is 2.00 bits per heavy atom. The molecule has 0 bridgehead atoms.